The average molecular weight is 296 g/mol. The summed E-state index contributed by atoms with van der Waals surface area (Å²) in [6.45, 7) is 9.35. The van der Waals surface area contributed by atoms with E-state index in [0.717, 1.165) is 32.0 Å². The number of hydrogen-bond donors (Lipinski definition) is 2. The molecule has 0 aliphatic carbocycles. The molecule has 2 N–H and O–H groups in total. The lowest BCUT2D eigenvalue weighted by molar-refractivity contribution is 0.278. The van der Waals surface area contributed by atoms with Gasteiger partial charge in [-0.25, -0.2) is 0 Å². The Bertz CT molecular complexity index is 412. The zero-order chi connectivity index (χ0) is 15.0. The van der Waals surface area contributed by atoms with E-state index in [4.69, 9.17) is 0 Å². The first kappa shape index (κ1) is 17.0. The predicted octanol–water partition coefficient (Wildman–Crippen LogP) is 2.32. The van der Waals surface area contributed by atoms with Crippen LogP contribution >= 0.6 is 11.3 Å². The van der Waals surface area contributed by atoms with Crippen molar-refractivity contribution in [1.29, 1.82) is 0 Å². The molecule has 0 radical (unpaired) electrons. The largest absolute Gasteiger partial charge is 0.355 e. The summed E-state index contributed by atoms with van der Waals surface area (Å²) in [5.41, 5.74) is 0. The first-order chi connectivity index (χ1) is 9.56. The lowest BCUT2D eigenvalue weighted by atomic mass is 10.3. The molecule has 0 saturated heterocycles. The van der Waals surface area contributed by atoms with Crippen molar-refractivity contribution in [2.45, 2.75) is 39.8 Å². The molecule has 0 bridgehead atoms. The highest BCUT2D eigenvalue weighted by Gasteiger charge is 2.04. The fourth-order valence-electron chi connectivity index (χ4n) is 1.71. The van der Waals surface area contributed by atoms with E-state index in [2.05, 4.69) is 60.5 Å². The third-order valence-electron chi connectivity index (χ3n) is 3.36. The van der Waals surface area contributed by atoms with Gasteiger partial charge in [-0.05, 0) is 39.4 Å². The molecule has 0 aliphatic rings. The summed E-state index contributed by atoms with van der Waals surface area (Å²) < 4.78 is 0. The number of hydrogen-bond acceptors (Lipinski definition) is 3. The van der Waals surface area contributed by atoms with Crippen LogP contribution in [0.4, 0.5) is 0 Å². The van der Waals surface area contributed by atoms with Gasteiger partial charge in [-0.1, -0.05) is 6.92 Å². The van der Waals surface area contributed by atoms with Gasteiger partial charge in [-0.15, -0.1) is 11.3 Å². The number of aryl methyl sites for hydroxylation is 1. The van der Waals surface area contributed by atoms with E-state index in [1.165, 1.54) is 9.75 Å². The van der Waals surface area contributed by atoms with Crippen LogP contribution < -0.4 is 10.6 Å². The predicted molar refractivity (Wildman–Crippen MR) is 89.7 cm³/mol. The number of guanidine groups is 1. The van der Waals surface area contributed by atoms with Crippen molar-refractivity contribution >= 4 is 17.3 Å². The van der Waals surface area contributed by atoms with Gasteiger partial charge < -0.3 is 15.5 Å². The summed E-state index contributed by atoms with van der Waals surface area (Å²) in [4.78, 5) is 9.35. The summed E-state index contributed by atoms with van der Waals surface area (Å²) in [6.07, 6.45) is 1.11. The molecule has 1 heterocycles. The standard InChI is InChI=1S/C15H28N4S/c1-6-13-7-8-14(20-13)11-18-15(16-4)17-9-10-19(5)12(2)3/h7-8,12H,6,9-11H2,1-5H3,(H2,16,17,18). The number of likely N-dealkylation sites (N-methyl/N-ethyl adjacent to an activating group) is 1. The van der Waals surface area contributed by atoms with E-state index in [0.29, 0.717) is 6.04 Å². The molecule has 0 spiro atoms. The Balaban J connectivity index is 2.29. The Hall–Kier alpha value is -1.07. The number of thiophene rings is 1. The Morgan fingerprint density at radius 1 is 1.30 bits per heavy atom. The maximum Gasteiger partial charge on any atom is 0.191 e. The minimum atomic E-state index is 0.574. The third kappa shape index (κ3) is 5.92. The van der Waals surface area contributed by atoms with Crippen molar-refractivity contribution in [2.24, 2.45) is 4.99 Å². The maximum absolute atomic E-state index is 4.25. The van der Waals surface area contributed by atoms with Crippen molar-refractivity contribution in [1.82, 2.24) is 15.5 Å². The molecular weight excluding hydrogens is 268 g/mol. The zero-order valence-electron chi connectivity index (χ0n) is 13.4. The molecule has 0 saturated carbocycles. The molecule has 0 atom stereocenters. The molecule has 1 aromatic rings. The van der Waals surface area contributed by atoms with E-state index < -0.39 is 0 Å². The number of rotatable bonds is 7. The van der Waals surface area contributed by atoms with Crippen LogP contribution in [0, 0.1) is 0 Å². The first-order valence-corrected chi connectivity index (χ1v) is 8.10. The van der Waals surface area contributed by atoms with E-state index in [9.17, 15) is 0 Å². The fraction of sp³-hybridized carbons (Fsp3) is 0.667. The smallest absolute Gasteiger partial charge is 0.191 e. The average Bonchev–Trinajstić information content (AvgIpc) is 2.90. The second-order valence-corrected chi connectivity index (χ2v) is 6.40. The highest BCUT2D eigenvalue weighted by molar-refractivity contribution is 7.11. The van der Waals surface area contributed by atoms with Crippen LogP contribution in [0.15, 0.2) is 17.1 Å². The van der Waals surface area contributed by atoms with Crippen LogP contribution in [-0.4, -0.2) is 44.1 Å². The van der Waals surface area contributed by atoms with Gasteiger partial charge in [0.05, 0.1) is 6.54 Å². The molecule has 0 aliphatic heterocycles. The summed E-state index contributed by atoms with van der Waals surface area (Å²) in [6, 6.07) is 4.97. The lowest BCUT2D eigenvalue weighted by Crippen LogP contribution is -2.41. The lowest BCUT2D eigenvalue weighted by Gasteiger charge is -2.21. The van der Waals surface area contributed by atoms with Crippen LogP contribution in [0.2, 0.25) is 0 Å². The monoisotopic (exact) mass is 296 g/mol. The van der Waals surface area contributed by atoms with Gasteiger partial charge in [0, 0.05) is 35.9 Å². The molecule has 0 aromatic carbocycles. The number of nitrogens with one attached hydrogen (secondary N) is 2. The van der Waals surface area contributed by atoms with Crippen LogP contribution in [0.25, 0.3) is 0 Å². The Morgan fingerprint density at radius 3 is 2.55 bits per heavy atom. The Kier molecular flexibility index (Phi) is 7.62. The summed E-state index contributed by atoms with van der Waals surface area (Å²) >= 11 is 1.86. The number of aliphatic imine (C=N–C) groups is 1. The first-order valence-electron chi connectivity index (χ1n) is 7.29. The van der Waals surface area contributed by atoms with Gasteiger partial charge in [0.2, 0.25) is 0 Å². The maximum atomic E-state index is 4.25. The normalized spacial score (nSPS) is 12.2. The van der Waals surface area contributed by atoms with Gasteiger partial charge in [-0.2, -0.15) is 0 Å². The van der Waals surface area contributed by atoms with Gasteiger partial charge in [0.1, 0.15) is 0 Å². The summed E-state index contributed by atoms with van der Waals surface area (Å²) in [7, 11) is 3.95. The molecule has 4 nitrogen and oxygen atoms in total. The fourth-order valence-corrected chi connectivity index (χ4v) is 2.61. The van der Waals surface area contributed by atoms with Gasteiger partial charge in [0.25, 0.3) is 0 Å². The number of nitrogens with zero attached hydrogens (tertiary/aromatic N) is 2. The van der Waals surface area contributed by atoms with Crippen LogP contribution in [0.3, 0.4) is 0 Å². The van der Waals surface area contributed by atoms with E-state index in [-0.39, 0.29) is 0 Å². The van der Waals surface area contributed by atoms with Crippen LogP contribution in [0.5, 0.6) is 0 Å². The van der Waals surface area contributed by atoms with Crippen molar-refractivity contribution < 1.29 is 0 Å². The summed E-state index contributed by atoms with van der Waals surface area (Å²) in [5.74, 6) is 0.869. The molecule has 0 fully saturated rings. The summed E-state index contributed by atoms with van der Waals surface area (Å²) in [5, 5.41) is 6.70. The van der Waals surface area contributed by atoms with Gasteiger partial charge in [-0.3, -0.25) is 4.99 Å². The Morgan fingerprint density at radius 2 is 2.00 bits per heavy atom. The minimum absolute atomic E-state index is 0.574. The minimum Gasteiger partial charge on any atom is -0.355 e. The molecular formula is C15H28N4S. The molecule has 5 heteroatoms. The highest BCUT2D eigenvalue weighted by atomic mass is 32.1. The quantitative estimate of drug-likeness (QED) is 0.599. The molecule has 20 heavy (non-hydrogen) atoms. The third-order valence-corrected chi connectivity index (χ3v) is 4.59. The van der Waals surface area contributed by atoms with Gasteiger partial charge in [0.15, 0.2) is 5.96 Å². The molecule has 1 aromatic heterocycles. The second kappa shape index (κ2) is 8.97. The van der Waals surface area contributed by atoms with Crippen molar-refractivity contribution in [3.63, 3.8) is 0 Å². The van der Waals surface area contributed by atoms with Crippen molar-refractivity contribution in [3.05, 3.63) is 21.9 Å². The van der Waals surface area contributed by atoms with Crippen LogP contribution in [-0.2, 0) is 13.0 Å². The van der Waals surface area contributed by atoms with E-state index in [1.54, 1.807) is 0 Å². The molecule has 0 unspecified atom stereocenters. The molecule has 0 amide bonds. The Labute approximate surface area is 127 Å². The van der Waals surface area contributed by atoms with E-state index in [1.807, 2.05) is 18.4 Å². The second-order valence-electron chi connectivity index (χ2n) is 5.15. The zero-order valence-corrected chi connectivity index (χ0v) is 14.2. The topological polar surface area (TPSA) is 39.7 Å². The molecule has 1 rings (SSSR count). The van der Waals surface area contributed by atoms with Crippen LogP contribution in [0.1, 0.15) is 30.5 Å². The SMILES string of the molecule is CCc1ccc(CNC(=NC)NCCN(C)C(C)C)s1. The van der Waals surface area contributed by atoms with E-state index >= 15 is 0 Å². The highest BCUT2D eigenvalue weighted by Crippen LogP contribution is 2.16. The molecule has 114 valence electrons. The van der Waals surface area contributed by atoms with Crippen molar-refractivity contribution in [3.8, 4) is 0 Å². The van der Waals surface area contributed by atoms with Gasteiger partial charge >= 0.3 is 0 Å². The van der Waals surface area contributed by atoms with Crippen molar-refractivity contribution in [2.75, 3.05) is 27.2 Å².